The molecule has 12 aromatic rings. The van der Waals surface area contributed by atoms with Crippen LogP contribution in [0.3, 0.4) is 0 Å². The summed E-state index contributed by atoms with van der Waals surface area (Å²) in [5, 5.41) is 6.69. The Hall–Kier alpha value is -8.22. The van der Waals surface area contributed by atoms with E-state index >= 15 is 0 Å². The van der Waals surface area contributed by atoms with E-state index in [4.69, 9.17) is 24.4 Å². The lowest BCUT2D eigenvalue weighted by atomic mass is 9.85. The summed E-state index contributed by atoms with van der Waals surface area (Å²) in [6, 6.07) is 67.7. The van der Waals surface area contributed by atoms with Crippen molar-refractivity contribution in [2.45, 2.75) is 13.5 Å². The second kappa shape index (κ2) is 14.5. The molecule has 0 N–H and O–H groups in total. The molecule has 6 heteroatoms. The van der Waals surface area contributed by atoms with Gasteiger partial charge in [0.05, 0.1) is 11.0 Å². The molecule has 62 heavy (non-hydrogen) atoms. The van der Waals surface area contributed by atoms with Crippen molar-refractivity contribution in [1.82, 2.24) is 24.5 Å². The lowest BCUT2D eigenvalue weighted by Gasteiger charge is -2.18. The number of furan rings is 1. The van der Waals surface area contributed by atoms with E-state index < -0.39 is 0 Å². The molecule has 0 spiro atoms. The van der Waals surface area contributed by atoms with Gasteiger partial charge in [0.25, 0.3) is 0 Å². The predicted octanol–water partition coefficient (Wildman–Crippen LogP) is 14.4. The van der Waals surface area contributed by atoms with E-state index in [0.29, 0.717) is 17.5 Å². The highest BCUT2D eigenvalue weighted by Gasteiger charge is 2.22. The number of rotatable bonds is 7. The molecule has 0 aliphatic carbocycles. The van der Waals surface area contributed by atoms with Gasteiger partial charge in [0, 0.05) is 39.6 Å². The summed E-state index contributed by atoms with van der Waals surface area (Å²) >= 11 is 0. The number of fused-ring (bicyclic) bond motifs is 6. The molecule has 3 heterocycles. The largest absolute Gasteiger partial charge is 0.456 e. The lowest BCUT2D eigenvalue weighted by Crippen LogP contribution is -2.00. The van der Waals surface area contributed by atoms with Crippen LogP contribution in [0.1, 0.15) is 6.92 Å². The van der Waals surface area contributed by atoms with Crippen molar-refractivity contribution in [2.75, 3.05) is 0 Å². The van der Waals surface area contributed by atoms with Crippen LogP contribution in [0, 0.1) is 0 Å². The molecule has 0 saturated carbocycles. The fraction of sp³-hybridized carbons (Fsp3) is 0.0357. The molecule has 0 atom stereocenters. The molecule has 0 bridgehead atoms. The molecule has 0 aliphatic rings. The minimum Gasteiger partial charge on any atom is -0.456 e. The van der Waals surface area contributed by atoms with Gasteiger partial charge >= 0.3 is 0 Å². The lowest BCUT2D eigenvalue weighted by molar-refractivity contribution is 0.669. The van der Waals surface area contributed by atoms with Gasteiger partial charge in [-0.2, -0.15) is 0 Å². The molecule has 0 fully saturated rings. The third kappa shape index (κ3) is 5.80. The molecule has 9 aromatic carbocycles. The number of hydrogen-bond donors (Lipinski definition) is 0. The van der Waals surface area contributed by atoms with Crippen molar-refractivity contribution in [3.05, 3.63) is 194 Å². The predicted molar refractivity (Wildman–Crippen MR) is 254 cm³/mol. The summed E-state index contributed by atoms with van der Waals surface area (Å²) < 4.78 is 8.90. The molecule has 0 amide bonds. The second-order valence-corrected chi connectivity index (χ2v) is 15.6. The minimum atomic E-state index is 0.591. The van der Waals surface area contributed by atoms with Gasteiger partial charge in [0.15, 0.2) is 17.5 Å². The van der Waals surface area contributed by atoms with Gasteiger partial charge in [-0.25, -0.2) is 19.9 Å². The average molecular weight is 796 g/mol. The number of aromatic nitrogens is 5. The number of aryl methyl sites for hydroxylation is 1. The van der Waals surface area contributed by atoms with E-state index in [1.165, 1.54) is 32.7 Å². The highest BCUT2D eigenvalue weighted by molar-refractivity contribution is 6.23. The maximum absolute atomic E-state index is 6.59. The molecule has 6 nitrogen and oxygen atoms in total. The van der Waals surface area contributed by atoms with Crippen LogP contribution >= 0.6 is 0 Å². The average Bonchev–Trinajstić information content (AvgIpc) is 3.91. The molecule has 0 radical (unpaired) electrons. The first-order chi connectivity index (χ1) is 30.7. The van der Waals surface area contributed by atoms with Gasteiger partial charge in [0.2, 0.25) is 0 Å². The van der Waals surface area contributed by atoms with Gasteiger partial charge in [0.1, 0.15) is 17.0 Å². The van der Waals surface area contributed by atoms with Crippen molar-refractivity contribution in [3.63, 3.8) is 0 Å². The minimum absolute atomic E-state index is 0.591. The fourth-order valence-electron chi connectivity index (χ4n) is 9.26. The summed E-state index contributed by atoms with van der Waals surface area (Å²) in [6.07, 6.45) is 0. The first kappa shape index (κ1) is 35.7. The van der Waals surface area contributed by atoms with Crippen LogP contribution in [-0.2, 0) is 6.54 Å². The van der Waals surface area contributed by atoms with Gasteiger partial charge < -0.3 is 8.98 Å². The van der Waals surface area contributed by atoms with E-state index in [9.17, 15) is 0 Å². The summed E-state index contributed by atoms with van der Waals surface area (Å²) in [7, 11) is 0. The van der Waals surface area contributed by atoms with E-state index in [1.807, 2.05) is 78.9 Å². The highest BCUT2D eigenvalue weighted by Crippen LogP contribution is 2.46. The highest BCUT2D eigenvalue weighted by atomic mass is 16.3. The maximum atomic E-state index is 6.59. The molecule has 12 rings (SSSR count). The maximum Gasteiger partial charge on any atom is 0.164 e. The fourth-order valence-corrected chi connectivity index (χ4v) is 9.26. The summed E-state index contributed by atoms with van der Waals surface area (Å²) in [5.74, 6) is 2.81. The Morgan fingerprint density at radius 3 is 1.50 bits per heavy atom. The topological polar surface area (TPSA) is 69.6 Å². The van der Waals surface area contributed by atoms with E-state index in [-0.39, 0.29) is 0 Å². The van der Waals surface area contributed by atoms with Crippen molar-refractivity contribution >= 4 is 54.5 Å². The third-order valence-electron chi connectivity index (χ3n) is 12.0. The van der Waals surface area contributed by atoms with Crippen LogP contribution in [0.25, 0.3) is 122 Å². The van der Waals surface area contributed by atoms with Crippen LogP contribution in [0.2, 0.25) is 0 Å². The summed E-state index contributed by atoms with van der Waals surface area (Å²) in [5.41, 5.74) is 12.2. The van der Waals surface area contributed by atoms with E-state index in [0.717, 1.165) is 78.7 Å². The SMILES string of the molecule is CCn1c(-c2ccccc2)nc2cc(-c3c4ccccc4c(-c4ccc5oc6cccc(-c7nc(-c8ccccc8)nc(-c8ccccc8)n7)c6c5c4)c4ccccc34)ccc21. The first-order valence-corrected chi connectivity index (χ1v) is 21.0. The molecule has 0 saturated heterocycles. The summed E-state index contributed by atoms with van der Waals surface area (Å²) in [6.45, 7) is 3.01. The van der Waals surface area contributed by atoms with Crippen LogP contribution in [0.4, 0.5) is 0 Å². The standard InChI is InChI=1S/C56H37N5O/c1-2-61-47-31-29-39(34-46(47)57-56(61)37-21-10-5-11-22-37)51-42-25-14-12-23-40(42)50(41-24-13-15-26-43(41)51)38-30-32-48-45(33-38)52-44(27-16-28-49(52)62-48)55-59-53(35-17-6-3-7-18-35)58-54(60-55)36-19-8-4-9-20-36/h3-34H,2H2,1H3. The van der Waals surface area contributed by atoms with Crippen LogP contribution in [0.15, 0.2) is 199 Å². The quantitative estimate of drug-likeness (QED) is 0.150. The normalized spacial score (nSPS) is 11.7. The molecular weight excluding hydrogens is 759 g/mol. The van der Waals surface area contributed by atoms with Gasteiger partial charge in [-0.3, -0.25) is 0 Å². The Morgan fingerprint density at radius 2 is 0.919 bits per heavy atom. The zero-order valence-corrected chi connectivity index (χ0v) is 33.8. The third-order valence-corrected chi connectivity index (χ3v) is 12.0. The van der Waals surface area contributed by atoms with Crippen molar-refractivity contribution < 1.29 is 4.42 Å². The van der Waals surface area contributed by atoms with Gasteiger partial charge in [-0.1, -0.05) is 164 Å². The Bertz CT molecular complexity index is 3550. The molecule has 292 valence electrons. The van der Waals surface area contributed by atoms with Crippen molar-refractivity contribution in [1.29, 1.82) is 0 Å². The van der Waals surface area contributed by atoms with E-state index in [2.05, 4.69) is 127 Å². The molecule has 0 unspecified atom stereocenters. The molecule has 0 aliphatic heterocycles. The monoisotopic (exact) mass is 795 g/mol. The smallest absolute Gasteiger partial charge is 0.164 e. The Morgan fingerprint density at radius 1 is 0.403 bits per heavy atom. The number of benzene rings is 9. The number of imidazole rings is 1. The second-order valence-electron chi connectivity index (χ2n) is 15.6. The number of nitrogens with zero attached hydrogens (tertiary/aromatic N) is 5. The summed E-state index contributed by atoms with van der Waals surface area (Å²) in [4.78, 5) is 20.4. The Kier molecular flexibility index (Phi) is 8.35. The molecule has 3 aromatic heterocycles. The van der Waals surface area contributed by atoms with Crippen molar-refractivity contribution in [3.8, 4) is 67.8 Å². The first-order valence-electron chi connectivity index (χ1n) is 21.0. The Labute approximate surface area is 357 Å². The number of hydrogen-bond acceptors (Lipinski definition) is 5. The van der Waals surface area contributed by atoms with Gasteiger partial charge in [-0.15, -0.1) is 0 Å². The van der Waals surface area contributed by atoms with Crippen molar-refractivity contribution in [2.24, 2.45) is 0 Å². The van der Waals surface area contributed by atoms with Crippen LogP contribution in [0.5, 0.6) is 0 Å². The van der Waals surface area contributed by atoms with E-state index in [1.54, 1.807) is 0 Å². The zero-order chi connectivity index (χ0) is 41.1. The van der Waals surface area contributed by atoms with Gasteiger partial charge in [-0.05, 0) is 81.1 Å². The zero-order valence-electron chi connectivity index (χ0n) is 33.8. The Balaban J connectivity index is 1.06. The van der Waals surface area contributed by atoms with Crippen LogP contribution in [-0.4, -0.2) is 24.5 Å². The van der Waals surface area contributed by atoms with Crippen LogP contribution < -0.4 is 0 Å². The molecular formula is C56H37N5O.